The van der Waals surface area contributed by atoms with E-state index in [4.69, 9.17) is 19.6 Å². The first-order valence-electron chi connectivity index (χ1n) is 7.67. The van der Waals surface area contributed by atoms with E-state index in [1.165, 1.54) is 25.4 Å². The molecule has 1 rings (SSSR count). The number of methoxy groups -OCH3 is 3. The Hall–Kier alpha value is -2.21. The van der Waals surface area contributed by atoms with Crippen molar-refractivity contribution < 1.29 is 42.1 Å². The van der Waals surface area contributed by atoms with Gasteiger partial charge < -0.3 is 18.9 Å². The lowest BCUT2D eigenvalue weighted by molar-refractivity contribution is -0.135. The number of nitrogens with two attached hydrogens (primary N) is 1. The zero-order valence-corrected chi connectivity index (χ0v) is 16.9. The van der Waals surface area contributed by atoms with Gasteiger partial charge in [-0.15, -0.1) is 11.3 Å². The highest BCUT2D eigenvalue weighted by Gasteiger charge is 2.21. The molecule has 0 aliphatic heterocycles. The Bertz CT molecular complexity index is 668. The van der Waals surface area contributed by atoms with Crippen LogP contribution in [0.1, 0.15) is 29.3 Å². The van der Waals surface area contributed by atoms with Gasteiger partial charge in [0.05, 0.1) is 32.1 Å². The maximum atomic E-state index is 11.3. The second-order valence-electron chi connectivity index (χ2n) is 5.09. The summed E-state index contributed by atoms with van der Waals surface area (Å²) >= 11 is 1.32. The summed E-state index contributed by atoms with van der Waals surface area (Å²) in [6.07, 6.45) is 5.08. The summed E-state index contributed by atoms with van der Waals surface area (Å²) in [4.78, 5) is 15.5. The van der Waals surface area contributed by atoms with E-state index in [0.717, 1.165) is 5.69 Å². The van der Waals surface area contributed by atoms with Crippen LogP contribution in [0.4, 0.5) is 12.9 Å². The summed E-state index contributed by atoms with van der Waals surface area (Å²) in [5.41, 5.74) is 0.723. The van der Waals surface area contributed by atoms with Crippen molar-refractivity contribution in [3.63, 3.8) is 0 Å². The van der Waals surface area contributed by atoms with E-state index >= 15 is 0 Å². The lowest BCUT2D eigenvalue weighted by Crippen LogP contribution is -3.00. The number of carbonyl (C=O) groups is 1. The largest absolute Gasteiger partial charge is 1.00 e. The first-order chi connectivity index (χ1) is 12.7. The zero-order valence-electron chi connectivity index (χ0n) is 16.1. The molecule has 6 nitrogen and oxygen atoms in total. The zero-order chi connectivity index (χ0) is 21.0. The molecule has 158 valence electrons. The second-order valence-corrected chi connectivity index (χ2v) is 5.94. The minimum atomic E-state index is -3.67. The normalized spacial score (nSPS) is 12.9. The molecule has 0 aromatic carbocycles. The molecule has 12 heteroatoms. The Labute approximate surface area is 165 Å². The topological polar surface area (TPSA) is 83.2 Å². The molecule has 1 heterocycles. The van der Waals surface area contributed by atoms with Gasteiger partial charge in [0.2, 0.25) is 0 Å². The van der Waals surface area contributed by atoms with E-state index in [1.807, 2.05) is 24.5 Å². The summed E-state index contributed by atoms with van der Waals surface area (Å²) in [7, 11) is 1.01. The van der Waals surface area contributed by atoms with Gasteiger partial charge >= 0.3 is 13.4 Å². The van der Waals surface area contributed by atoms with Crippen LogP contribution in [0.2, 0.25) is 0 Å². The van der Waals surface area contributed by atoms with Crippen molar-refractivity contribution in [1.29, 1.82) is 0 Å². The number of carbonyl (C=O) groups excluding carboxylic acids is 1. The Morgan fingerprint density at radius 3 is 2.25 bits per heavy atom. The van der Waals surface area contributed by atoms with Gasteiger partial charge in [0.1, 0.15) is 5.76 Å². The van der Waals surface area contributed by atoms with Crippen LogP contribution in [-0.2, 0) is 14.2 Å². The van der Waals surface area contributed by atoms with Crippen LogP contribution in [0.15, 0.2) is 23.3 Å². The van der Waals surface area contributed by atoms with Crippen LogP contribution in [0.25, 0.3) is 6.08 Å². The highest BCUT2D eigenvalue weighted by atomic mass is 32.1. The van der Waals surface area contributed by atoms with Crippen LogP contribution in [0.5, 0.6) is 0 Å². The molecule has 2 N–H and O–H groups in total. The summed E-state index contributed by atoms with van der Waals surface area (Å²) < 4.78 is 44.8. The van der Waals surface area contributed by atoms with Gasteiger partial charge in [0, 0.05) is 25.3 Å². The fraction of sp³-hybridized carbons (Fsp3) is 0.438. The van der Waals surface area contributed by atoms with Crippen LogP contribution < -0.4 is 10.1 Å². The first kappa shape index (κ1) is 28.0. The number of hydrogen-bond acceptors (Lipinski definition) is 6. The molecule has 0 saturated carbocycles. The van der Waals surface area contributed by atoms with Crippen molar-refractivity contribution >= 4 is 36.6 Å². The maximum absolute atomic E-state index is 11.3. The number of aromatic nitrogens is 1. The summed E-state index contributed by atoms with van der Waals surface area (Å²) in [6.45, 7) is 3.46. The maximum Gasteiger partial charge on any atom is 0.762 e. The van der Waals surface area contributed by atoms with Gasteiger partial charge in [-0.25, -0.2) is 10.4 Å². The van der Waals surface area contributed by atoms with Crippen LogP contribution >= 0.6 is 11.3 Å². The molecule has 0 fully saturated rings. The fourth-order valence-electron chi connectivity index (χ4n) is 1.90. The summed E-state index contributed by atoms with van der Waals surface area (Å²) in [5, 5.41) is 7.98. The van der Waals surface area contributed by atoms with Gasteiger partial charge in [0.15, 0.2) is 10.8 Å². The first-order valence-corrected chi connectivity index (χ1v) is 8.55. The van der Waals surface area contributed by atoms with E-state index in [-0.39, 0.29) is 28.4 Å². The van der Waals surface area contributed by atoms with E-state index in [1.54, 1.807) is 20.3 Å². The molecular weight excluding hydrogens is 403 g/mol. The molecule has 0 spiro atoms. The highest BCUT2D eigenvalue weighted by Crippen LogP contribution is 2.20. The predicted octanol–water partition coefficient (Wildman–Crippen LogP) is -0.772. The fourth-order valence-corrected chi connectivity index (χ4v) is 2.59. The lowest BCUT2D eigenvalue weighted by Gasteiger charge is -2.21. The average molecular weight is 426 g/mol. The quantitative estimate of drug-likeness (QED) is 0.147. The second kappa shape index (κ2) is 14.8. The van der Waals surface area contributed by atoms with Gasteiger partial charge in [-0.2, -0.15) is 0 Å². The number of ketones is 1. The standard InChI is InChI=1S/C16H22N2O4S.BF3.FH/c1-10(14(21-4)8-15(17)22-5)13(20-3)7-6-12-9-23-16(18-12)11(2)19;2-1(3)4;/h6-10,13,17H,1-5H3;;1H/b7-6+,14-8+,17-15?;;. The summed E-state index contributed by atoms with van der Waals surface area (Å²) in [5.74, 6) is 0.782. The van der Waals surface area contributed by atoms with Crippen molar-refractivity contribution in [2.45, 2.75) is 20.0 Å². The van der Waals surface area contributed by atoms with E-state index < -0.39 is 7.54 Å². The number of ether oxygens (including phenoxy) is 3. The Balaban J connectivity index is 0. The van der Waals surface area contributed by atoms with Crippen molar-refractivity contribution in [2.75, 3.05) is 21.3 Å². The van der Waals surface area contributed by atoms with E-state index in [9.17, 15) is 17.7 Å². The molecule has 0 saturated heterocycles. The summed E-state index contributed by atoms with van der Waals surface area (Å²) in [6, 6.07) is 0. The molecule has 0 amide bonds. The molecule has 0 bridgehead atoms. The van der Waals surface area contributed by atoms with E-state index in [2.05, 4.69) is 4.98 Å². The van der Waals surface area contributed by atoms with Crippen LogP contribution in [-0.4, -0.2) is 51.6 Å². The number of nitrogens with zero attached hydrogens (tertiary/aromatic N) is 1. The Morgan fingerprint density at radius 1 is 1.29 bits per heavy atom. The monoisotopic (exact) mass is 426 g/mol. The minimum absolute atomic E-state index is 0. The smallest absolute Gasteiger partial charge is 0.762 e. The van der Waals surface area contributed by atoms with Crippen LogP contribution in [0.3, 0.4) is 0 Å². The molecule has 1 aromatic rings. The molecule has 1 aromatic heterocycles. The molecular formula is C16H23BF4N2O4S. The molecule has 0 aliphatic rings. The van der Waals surface area contributed by atoms with Crippen molar-refractivity contribution in [3.8, 4) is 0 Å². The molecule has 2 atom stereocenters. The number of Topliss-reactive ketones (excluding diaryl/α,β-unsaturated/α-hetero) is 1. The van der Waals surface area contributed by atoms with E-state index in [0.29, 0.717) is 10.8 Å². The number of hydrogen-bond donors (Lipinski definition) is 1. The van der Waals surface area contributed by atoms with Gasteiger partial charge in [-0.3, -0.25) is 17.7 Å². The third kappa shape index (κ3) is 10.8. The SMILES string of the molecule is COC(=[NH2+])/C=C(/OC)C(C)C(/C=C/c1csc(C(C)=O)n1)OC.FB(F)F.[F-]. The average Bonchev–Trinajstić information content (AvgIpc) is 3.08. The number of thiazole rings is 1. The molecule has 0 aliphatic carbocycles. The Kier molecular flexibility index (Phi) is 14.8. The third-order valence-corrected chi connectivity index (χ3v) is 4.21. The van der Waals surface area contributed by atoms with Gasteiger partial charge in [0.25, 0.3) is 0 Å². The predicted molar refractivity (Wildman–Crippen MR) is 99.2 cm³/mol. The number of rotatable bonds is 8. The number of halogens is 4. The Morgan fingerprint density at radius 2 is 1.86 bits per heavy atom. The van der Waals surface area contributed by atoms with Gasteiger partial charge in [-0.1, -0.05) is 13.0 Å². The third-order valence-electron chi connectivity index (χ3n) is 3.25. The minimum Gasteiger partial charge on any atom is -1.00 e. The highest BCUT2D eigenvalue weighted by molar-refractivity contribution is 7.11. The molecule has 2 unspecified atom stereocenters. The van der Waals surface area contributed by atoms with Crippen molar-refractivity contribution in [1.82, 2.24) is 4.98 Å². The molecule has 28 heavy (non-hydrogen) atoms. The molecule has 0 radical (unpaired) electrons. The van der Waals surface area contributed by atoms with Crippen molar-refractivity contribution in [3.05, 3.63) is 34.0 Å². The van der Waals surface area contributed by atoms with Crippen molar-refractivity contribution in [2.24, 2.45) is 5.92 Å². The van der Waals surface area contributed by atoms with Crippen LogP contribution in [0, 0.1) is 5.92 Å². The lowest BCUT2D eigenvalue weighted by atomic mass is 10.0. The van der Waals surface area contributed by atoms with Gasteiger partial charge in [-0.05, 0) is 6.08 Å².